The summed E-state index contributed by atoms with van der Waals surface area (Å²) in [4.78, 5) is 15.1. The van der Waals surface area contributed by atoms with E-state index in [4.69, 9.17) is 4.74 Å². The topological polar surface area (TPSA) is 29.5 Å². The molecule has 0 aromatic heterocycles. The van der Waals surface area contributed by atoms with Crippen LogP contribution < -0.4 is 4.74 Å². The number of carbonyl (C=O) groups is 1. The van der Waals surface area contributed by atoms with Crippen LogP contribution in [0.2, 0.25) is 0 Å². The fourth-order valence-electron chi connectivity index (χ4n) is 3.72. The predicted octanol–water partition coefficient (Wildman–Crippen LogP) is 5.55. The fourth-order valence-corrected chi connectivity index (χ4v) is 3.72. The van der Waals surface area contributed by atoms with Crippen LogP contribution in [0.1, 0.15) is 40.0 Å². The second-order valence-electron chi connectivity index (χ2n) is 7.07. The van der Waals surface area contributed by atoms with E-state index in [0.717, 1.165) is 24.3 Å². The van der Waals surface area contributed by atoms with Gasteiger partial charge in [0.1, 0.15) is 11.5 Å². The smallest absolute Gasteiger partial charge is 0.254 e. The lowest BCUT2D eigenvalue weighted by Crippen LogP contribution is -2.38. The van der Waals surface area contributed by atoms with Gasteiger partial charge in [0.25, 0.3) is 5.91 Å². The highest BCUT2D eigenvalue weighted by atomic mass is 16.5. The molecule has 0 saturated carbocycles. The van der Waals surface area contributed by atoms with Gasteiger partial charge < -0.3 is 9.64 Å². The third-order valence-corrected chi connectivity index (χ3v) is 5.16. The zero-order valence-corrected chi connectivity index (χ0v) is 15.7. The maximum Gasteiger partial charge on any atom is 0.254 e. The summed E-state index contributed by atoms with van der Waals surface area (Å²) in [5.74, 6) is 1.50. The summed E-state index contributed by atoms with van der Waals surface area (Å²) >= 11 is 0. The number of rotatable bonds is 3. The molecule has 1 heterocycles. The lowest BCUT2D eigenvalue weighted by molar-refractivity contribution is 0.0677. The first-order valence-corrected chi connectivity index (χ1v) is 9.35. The van der Waals surface area contributed by atoms with Crippen LogP contribution in [0.3, 0.4) is 0 Å². The number of hydrogen-bond acceptors (Lipinski definition) is 2. The number of aryl methyl sites for hydroxylation is 1. The third kappa shape index (κ3) is 3.59. The summed E-state index contributed by atoms with van der Waals surface area (Å²) in [6, 6.07) is 23.8. The fraction of sp³-hybridized carbons (Fsp3) is 0.208. The number of hydrogen-bond donors (Lipinski definition) is 0. The van der Waals surface area contributed by atoms with Gasteiger partial charge in [0.2, 0.25) is 0 Å². The van der Waals surface area contributed by atoms with Gasteiger partial charge in [0, 0.05) is 12.1 Å². The number of carbonyl (C=O) groups excluding carboxylic acids is 1. The Bertz CT molecular complexity index is 979. The molecule has 1 unspecified atom stereocenters. The number of amides is 1. The first-order valence-electron chi connectivity index (χ1n) is 9.35. The Morgan fingerprint density at radius 1 is 0.963 bits per heavy atom. The number of nitrogens with zero attached hydrogens (tertiary/aromatic N) is 1. The summed E-state index contributed by atoms with van der Waals surface area (Å²) in [5, 5.41) is 0. The van der Waals surface area contributed by atoms with E-state index in [2.05, 4.69) is 25.1 Å². The van der Waals surface area contributed by atoms with Gasteiger partial charge in [-0.3, -0.25) is 4.79 Å². The van der Waals surface area contributed by atoms with Gasteiger partial charge in [-0.15, -0.1) is 0 Å². The van der Waals surface area contributed by atoms with E-state index in [1.54, 1.807) is 0 Å². The Morgan fingerprint density at radius 3 is 2.52 bits per heavy atom. The lowest BCUT2D eigenvalue weighted by atomic mass is 9.93. The molecule has 3 aromatic rings. The highest BCUT2D eigenvalue weighted by molar-refractivity contribution is 5.95. The molecule has 1 atom stereocenters. The van der Waals surface area contributed by atoms with Crippen LogP contribution in [0.4, 0.5) is 0 Å². The molecule has 0 N–H and O–H groups in total. The molecule has 3 aromatic carbocycles. The standard InChI is InChI=1S/C24H23NO2/c1-17-7-5-10-21(15-17)27-22-11-6-9-20(16-22)24(26)25-14-13-19-8-3-4-12-23(19)18(25)2/h3-12,15-16,18H,13-14H2,1-2H3. The second kappa shape index (κ2) is 7.28. The van der Waals surface area contributed by atoms with Crippen molar-refractivity contribution in [3.8, 4) is 11.5 Å². The van der Waals surface area contributed by atoms with Crippen LogP contribution in [0.25, 0.3) is 0 Å². The van der Waals surface area contributed by atoms with Crippen LogP contribution >= 0.6 is 0 Å². The minimum absolute atomic E-state index is 0.0479. The molecule has 0 aliphatic carbocycles. The molecule has 0 spiro atoms. The SMILES string of the molecule is Cc1cccc(Oc2cccc(C(=O)N3CCc4ccccc4C3C)c2)c1. The van der Waals surface area contributed by atoms with Crippen LogP contribution in [0, 0.1) is 6.92 Å². The molecule has 0 saturated heterocycles. The van der Waals surface area contributed by atoms with E-state index >= 15 is 0 Å². The van der Waals surface area contributed by atoms with E-state index in [1.165, 1.54) is 11.1 Å². The summed E-state index contributed by atoms with van der Waals surface area (Å²) in [7, 11) is 0. The third-order valence-electron chi connectivity index (χ3n) is 5.16. The van der Waals surface area contributed by atoms with E-state index in [1.807, 2.05) is 66.4 Å². The molecule has 0 bridgehead atoms. The van der Waals surface area contributed by atoms with Crippen molar-refractivity contribution >= 4 is 5.91 Å². The quantitative estimate of drug-likeness (QED) is 0.615. The number of ether oxygens (including phenoxy) is 1. The Morgan fingerprint density at radius 2 is 1.70 bits per heavy atom. The highest BCUT2D eigenvalue weighted by Gasteiger charge is 2.28. The monoisotopic (exact) mass is 357 g/mol. The number of benzene rings is 3. The van der Waals surface area contributed by atoms with Crippen molar-refractivity contribution in [3.63, 3.8) is 0 Å². The van der Waals surface area contributed by atoms with Crippen LogP contribution in [-0.4, -0.2) is 17.4 Å². The summed E-state index contributed by atoms with van der Waals surface area (Å²) in [6.07, 6.45) is 0.895. The maximum absolute atomic E-state index is 13.1. The average molecular weight is 357 g/mol. The Hall–Kier alpha value is -3.07. The minimum atomic E-state index is 0.0479. The highest BCUT2D eigenvalue weighted by Crippen LogP contribution is 2.31. The zero-order chi connectivity index (χ0) is 18.8. The molecule has 0 radical (unpaired) electrons. The normalized spacial score (nSPS) is 15.9. The van der Waals surface area contributed by atoms with Crippen molar-refractivity contribution in [3.05, 3.63) is 95.1 Å². The maximum atomic E-state index is 13.1. The molecule has 0 fully saturated rings. The van der Waals surface area contributed by atoms with Gasteiger partial charge in [-0.2, -0.15) is 0 Å². The molecular formula is C24H23NO2. The van der Waals surface area contributed by atoms with Crippen molar-refractivity contribution in [1.29, 1.82) is 0 Å². The molecule has 3 heteroatoms. The summed E-state index contributed by atoms with van der Waals surface area (Å²) in [6.45, 7) is 4.87. The van der Waals surface area contributed by atoms with Gasteiger partial charge in [0.05, 0.1) is 6.04 Å². The Labute approximate surface area is 160 Å². The molecule has 27 heavy (non-hydrogen) atoms. The largest absolute Gasteiger partial charge is 0.457 e. The van der Waals surface area contributed by atoms with Crippen LogP contribution in [0.5, 0.6) is 11.5 Å². The first kappa shape index (κ1) is 17.3. The molecule has 1 aliphatic rings. The summed E-state index contributed by atoms with van der Waals surface area (Å²) < 4.78 is 5.95. The van der Waals surface area contributed by atoms with Crippen molar-refractivity contribution in [1.82, 2.24) is 4.90 Å². The predicted molar refractivity (Wildman–Crippen MR) is 107 cm³/mol. The van der Waals surface area contributed by atoms with Crippen LogP contribution in [-0.2, 0) is 6.42 Å². The molecule has 136 valence electrons. The zero-order valence-electron chi connectivity index (χ0n) is 15.7. The lowest BCUT2D eigenvalue weighted by Gasteiger charge is -2.35. The van der Waals surface area contributed by atoms with Gasteiger partial charge in [-0.25, -0.2) is 0 Å². The van der Waals surface area contributed by atoms with Crippen LogP contribution in [0.15, 0.2) is 72.8 Å². The number of fused-ring (bicyclic) bond motifs is 1. The molecule has 4 rings (SSSR count). The average Bonchev–Trinajstić information content (AvgIpc) is 2.68. The molecule has 3 nitrogen and oxygen atoms in total. The molecule has 1 amide bonds. The van der Waals surface area contributed by atoms with Crippen molar-refractivity contribution < 1.29 is 9.53 Å². The Balaban J connectivity index is 1.56. The molecule has 1 aliphatic heterocycles. The van der Waals surface area contributed by atoms with Crippen molar-refractivity contribution in [2.24, 2.45) is 0 Å². The second-order valence-corrected chi connectivity index (χ2v) is 7.07. The first-order chi connectivity index (χ1) is 13.1. The van der Waals surface area contributed by atoms with Gasteiger partial charge in [-0.1, -0.05) is 42.5 Å². The van der Waals surface area contributed by atoms with Gasteiger partial charge in [0.15, 0.2) is 0 Å². The summed E-state index contributed by atoms with van der Waals surface area (Å²) in [5.41, 5.74) is 4.38. The van der Waals surface area contributed by atoms with E-state index in [-0.39, 0.29) is 11.9 Å². The van der Waals surface area contributed by atoms with Crippen molar-refractivity contribution in [2.45, 2.75) is 26.3 Å². The van der Waals surface area contributed by atoms with E-state index < -0.39 is 0 Å². The van der Waals surface area contributed by atoms with Gasteiger partial charge >= 0.3 is 0 Å². The molecular weight excluding hydrogens is 334 g/mol. The van der Waals surface area contributed by atoms with Crippen molar-refractivity contribution in [2.75, 3.05) is 6.54 Å². The van der Waals surface area contributed by atoms with Gasteiger partial charge in [-0.05, 0) is 67.3 Å². The minimum Gasteiger partial charge on any atom is -0.457 e. The Kier molecular flexibility index (Phi) is 4.68. The van der Waals surface area contributed by atoms with E-state index in [9.17, 15) is 4.79 Å². The van der Waals surface area contributed by atoms with E-state index in [0.29, 0.717) is 11.3 Å².